The third kappa shape index (κ3) is 3.24. The average molecular weight is 428 g/mol. The van der Waals surface area contributed by atoms with Gasteiger partial charge in [0.1, 0.15) is 5.65 Å². The van der Waals surface area contributed by atoms with Gasteiger partial charge in [-0.05, 0) is 44.5 Å². The number of ether oxygens (including phenoxy) is 2. The van der Waals surface area contributed by atoms with Crippen molar-refractivity contribution in [3.05, 3.63) is 49.1 Å². The number of fused-ring (bicyclic) bond motifs is 2. The second kappa shape index (κ2) is 7.33. The Morgan fingerprint density at radius 2 is 1.75 bits per heavy atom. The predicted octanol–water partition coefficient (Wildman–Crippen LogP) is 4.81. The third-order valence-corrected chi connectivity index (χ3v) is 5.56. The Labute approximate surface area is 185 Å². The van der Waals surface area contributed by atoms with Gasteiger partial charge in [-0.1, -0.05) is 6.07 Å². The van der Waals surface area contributed by atoms with Crippen LogP contribution in [0.3, 0.4) is 0 Å². The molecule has 0 amide bonds. The third-order valence-electron chi connectivity index (χ3n) is 5.56. The Hall–Kier alpha value is -3.94. The van der Waals surface area contributed by atoms with Crippen LogP contribution in [0.5, 0.6) is 11.8 Å². The lowest BCUT2D eigenvalue weighted by atomic mass is 10.0. The lowest BCUT2D eigenvalue weighted by Gasteiger charge is -2.21. The van der Waals surface area contributed by atoms with Crippen LogP contribution in [-0.2, 0) is 5.54 Å². The van der Waals surface area contributed by atoms with Gasteiger partial charge in [0.2, 0.25) is 11.8 Å². The van der Waals surface area contributed by atoms with E-state index in [0.717, 1.165) is 44.3 Å². The van der Waals surface area contributed by atoms with Gasteiger partial charge in [0.25, 0.3) is 0 Å². The molecule has 4 aromatic heterocycles. The zero-order valence-electron chi connectivity index (χ0n) is 18.7. The fourth-order valence-electron chi connectivity index (χ4n) is 3.92. The summed E-state index contributed by atoms with van der Waals surface area (Å²) in [5, 5.41) is 9.10. The number of H-pyrrole nitrogens is 1. The van der Waals surface area contributed by atoms with Crippen molar-refractivity contribution in [2.75, 3.05) is 14.2 Å². The number of rotatable bonds is 4. The van der Waals surface area contributed by atoms with Crippen LogP contribution in [0.2, 0.25) is 0 Å². The molecule has 0 aliphatic rings. The van der Waals surface area contributed by atoms with Crippen LogP contribution >= 0.6 is 0 Å². The van der Waals surface area contributed by atoms with Crippen molar-refractivity contribution in [3.63, 3.8) is 0 Å². The Morgan fingerprint density at radius 1 is 0.906 bits per heavy atom. The molecule has 32 heavy (non-hydrogen) atoms. The van der Waals surface area contributed by atoms with Crippen LogP contribution in [0, 0.1) is 0 Å². The molecule has 5 aromatic rings. The molecule has 0 saturated carbocycles. The average Bonchev–Trinajstić information content (AvgIpc) is 3.41. The number of hydrogen-bond donors (Lipinski definition) is 1. The van der Waals surface area contributed by atoms with Crippen molar-refractivity contribution in [2.24, 2.45) is 0 Å². The molecule has 162 valence electrons. The van der Waals surface area contributed by atoms with Gasteiger partial charge in [-0.15, -0.1) is 10.2 Å². The van der Waals surface area contributed by atoms with Gasteiger partial charge in [-0.2, -0.15) is 0 Å². The van der Waals surface area contributed by atoms with Crippen LogP contribution in [0.15, 0.2) is 49.1 Å². The Kier molecular flexibility index (Phi) is 4.58. The fraction of sp³-hybridized carbons (Fsp3) is 0.250. The maximum absolute atomic E-state index is 5.42. The van der Waals surface area contributed by atoms with Gasteiger partial charge in [0, 0.05) is 40.5 Å². The summed E-state index contributed by atoms with van der Waals surface area (Å²) in [5.74, 6) is 0.829. The van der Waals surface area contributed by atoms with E-state index < -0.39 is 0 Å². The summed E-state index contributed by atoms with van der Waals surface area (Å²) in [6.45, 7) is 6.52. The number of aromatic nitrogens is 6. The van der Waals surface area contributed by atoms with Gasteiger partial charge in [-0.3, -0.25) is 0 Å². The first-order valence-electron chi connectivity index (χ1n) is 10.3. The van der Waals surface area contributed by atoms with Crippen molar-refractivity contribution < 1.29 is 9.47 Å². The molecule has 1 aromatic carbocycles. The lowest BCUT2D eigenvalue weighted by Crippen LogP contribution is -2.20. The standard InChI is InChI=1S/C24H24N6O2/c1-24(2,3)30-13-27-19-7-6-14(9-20(19)30)18-12-26-22-17(18)8-15(11-25-22)16-10-21(31-4)28-29-23(16)32-5/h6-13H,1-5H3,(H,25,26). The first kappa shape index (κ1) is 20.0. The second-order valence-corrected chi connectivity index (χ2v) is 8.62. The monoisotopic (exact) mass is 428 g/mol. The predicted molar refractivity (Wildman–Crippen MR) is 124 cm³/mol. The van der Waals surface area contributed by atoms with E-state index in [9.17, 15) is 0 Å². The molecule has 0 aliphatic carbocycles. The van der Waals surface area contributed by atoms with Gasteiger partial charge < -0.3 is 19.0 Å². The smallest absolute Gasteiger partial charge is 0.241 e. The molecule has 0 atom stereocenters. The number of imidazole rings is 1. The maximum Gasteiger partial charge on any atom is 0.241 e. The van der Waals surface area contributed by atoms with E-state index in [-0.39, 0.29) is 5.54 Å². The summed E-state index contributed by atoms with van der Waals surface area (Å²) in [7, 11) is 3.13. The number of methoxy groups -OCH3 is 2. The van der Waals surface area contributed by atoms with Crippen LogP contribution in [0.4, 0.5) is 0 Å². The number of pyridine rings is 1. The Balaban J connectivity index is 1.67. The van der Waals surface area contributed by atoms with Crippen molar-refractivity contribution in [1.82, 2.24) is 29.7 Å². The van der Waals surface area contributed by atoms with Crippen molar-refractivity contribution in [3.8, 4) is 34.0 Å². The molecule has 0 unspecified atom stereocenters. The van der Waals surface area contributed by atoms with Gasteiger partial charge in [0.05, 0.1) is 37.1 Å². The molecule has 5 rings (SSSR count). The topological polar surface area (TPSA) is 90.7 Å². The van der Waals surface area contributed by atoms with E-state index in [1.807, 2.05) is 12.5 Å². The zero-order valence-corrected chi connectivity index (χ0v) is 18.7. The van der Waals surface area contributed by atoms with E-state index in [4.69, 9.17) is 9.47 Å². The van der Waals surface area contributed by atoms with Crippen molar-refractivity contribution >= 4 is 22.1 Å². The summed E-state index contributed by atoms with van der Waals surface area (Å²) in [6, 6.07) is 10.2. The van der Waals surface area contributed by atoms with E-state index in [0.29, 0.717) is 11.8 Å². The number of aromatic amines is 1. The summed E-state index contributed by atoms with van der Waals surface area (Å²) in [5.41, 5.74) is 6.59. The summed E-state index contributed by atoms with van der Waals surface area (Å²) < 4.78 is 12.9. The minimum atomic E-state index is -0.0632. The highest BCUT2D eigenvalue weighted by Crippen LogP contribution is 2.35. The molecule has 4 heterocycles. The molecule has 0 bridgehead atoms. The largest absolute Gasteiger partial charge is 0.480 e. The fourth-order valence-corrected chi connectivity index (χ4v) is 3.92. The molecule has 8 heteroatoms. The number of hydrogen-bond acceptors (Lipinski definition) is 6. The Morgan fingerprint density at radius 3 is 2.50 bits per heavy atom. The summed E-state index contributed by atoms with van der Waals surface area (Å²) in [4.78, 5) is 12.5. The van der Waals surface area contributed by atoms with Crippen LogP contribution < -0.4 is 9.47 Å². The van der Waals surface area contributed by atoms with Crippen LogP contribution in [0.25, 0.3) is 44.3 Å². The highest BCUT2D eigenvalue weighted by atomic mass is 16.5. The van der Waals surface area contributed by atoms with E-state index in [2.05, 4.69) is 74.8 Å². The van der Waals surface area contributed by atoms with Crippen molar-refractivity contribution in [2.45, 2.75) is 26.3 Å². The molecule has 8 nitrogen and oxygen atoms in total. The van der Waals surface area contributed by atoms with E-state index in [1.165, 1.54) is 0 Å². The highest BCUT2D eigenvalue weighted by Gasteiger charge is 2.18. The first-order chi connectivity index (χ1) is 15.4. The molecule has 0 aliphatic heterocycles. The highest BCUT2D eigenvalue weighted by molar-refractivity contribution is 5.97. The van der Waals surface area contributed by atoms with E-state index >= 15 is 0 Å². The quantitative estimate of drug-likeness (QED) is 0.442. The van der Waals surface area contributed by atoms with Gasteiger partial charge in [-0.25, -0.2) is 9.97 Å². The molecular weight excluding hydrogens is 404 g/mol. The Bertz CT molecular complexity index is 1440. The first-order valence-corrected chi connectivity index (χ1v) is 10.3. The van der Waals surface area contributed by atoms with Crippen LogP contribution in [0.1, 0.15) is 20.8 Å². The minimum Gasteiger partial charge on any atom is -0.480 e. The molecule has 1 N–H and O–H groups in total. The van der Waals surface area contributed by atoms with Gasteiger partial charge >= 0.3 is 0 Å². The second-order valence-electron chi connectivity index (χ2n) is 8.62. The number of nitrogens with zero attached hydrogens (tertiary/aromatic N) is 5. The van der Waals surface area contributed by atoms with Crippen LogP contribution in [-0.4, -0.2) is 43.9 Å². The van der Waals surface area contributed by atoms with E-state index in [1.54, 1.807) is 26.5 Å². The number of nitrogens with one attached hydrogen (secondary N) is 1. The van der Waals surface area contributed by atoms with Crippen molar-refractivity contribution in [1.29, 1.82) is 0 Å². The molecule has 0 radical (unpaired) electrons. The molecule has 0 fully saturated rings. The maximum atomic E-state index is 5.42. The summed E-state index contributed by atoms with van der Waals surface area (Å²) >= 11 is 0. The molecule has 0 saturated heterocycles. The molecular formula is C24H24N6O2. The molecule has 0 spiro atoms. The SMILES string of the molecule is COc1cc(-c2cnc3[nH]cc(-c4ccc5ncn(C(C)(C)C)c5c4)c3c2)c(OC)nn1. The summed E-state index contributed by atoms with van der Waals surface area (Å²) in [6.07, 6.45) is 5.68. The lowest BCUT2D eigenvalue weighted by molar-refractivity contribution is 0.369. The zero-order chi connectivity index (χ0) is 22.5. The minimum absolute atomic E-state index is 0.0632. The normalized spacial score (nSPS) is 11.9. The number of benzene rings is 1. The van der Waals surface area contributed by atoms with Gasteiger partial charge in [0.15, 0.2) is 0 Å².